The summed E-state index contributed by atoms with van der Waals surface area (Å²) in [5.41, 5.74) is 4.18. The molecule has 2 heterocycles. The van der Waals surface area contributed by atoms with Crippen molar-refractivity contribution in [1.82, 2.24) is 20.4 Å². The number of nitrogens with one attached hydrogen (secondary N) is 2. The molecule has 0 amide bonds. The third kappa shape index (κ3) is 7.16. The fourth-order valence-electron chi connectivity index (χ4n) is 3.44. The number of aromatic amines is 1. The number of carboxylic acid groups (broad SMARTS) is 1. The predicted octanol–water partition coefficient (Wildman–Crippen LogP) is 3.38. The van der Waals surface area contributed by atoms with Crippen molar-refractivity contribution < 1.29 is 27.5 Å². The molecular weight excluding hydrogens is 442 g/mol. The van der Waals surface area contributed by atoms with E-state index in [1.54, 1.807) is 12.1 Å². The van der Waals surface area contributed by atoms with Crippen molar-refractivity contribution in [3.63, 3.8) is 0 Å². The molecule has 1 fully saturated rings. The number of anilines is 1. The number of carboxylic acids is 1. The smallest absolute Gasteiger partial charge is 0.475 e. The van der Waals surface area contributed by atoms with E-state index < -0.39 is 12.1 Å². The molecule has 33 heavy (non-hydrogen) atoms. The third-order valence-corrected chi connectivity index (χ3v) is 5.22. The zero-order valence-corrected chi connectivity index (χ0v) is 18.0. The first-order valence-corrected chi connectivity index (χ1v) is 10.3. The summed E-state index contributed by atoms with van der Waals surface area (Å²) in [7, 11) is 2.12. The number of benzene rings is 2. The zero-order chi connectivity index (χ0) is 24.0. The van der Waals surface area contributed by atoms with E-state index in [0.29, 0.717) is 6.54 Å². The fraction of sp³-hybridized carbons (Fsp3) is 0.364. The van der Waals surface area contributed by atoms with Gasteiger partial charge < -0.3 is 20.2 Å². The maximum Gasteiger partial charge on any atom is 0.490 e. The SMILES string of the molecule is CN1CCN(c2cc(F)cc(CNCc3ccc4[nH]ncc4c3)c2)CC1.O=C(O)C(F)(F)F. The van der Waals surface area contributed by atoms with E-state index in [1.807, 2.05) is 12.3 Å². The van der Waals surface area contributed by atoms with Crippen molar-refractivity contribution in [2.45, 2.75) is 19.3 Å². The van der Waals surface area contributed by atoms with Crippen LogP contribution in [0.15, 0.2) is 42.6 Å². The van der Waals surface area contributed by atoms with E-state index in [-0.39, 0.29) is 5.82 Å². The molecule has 3 aromatic rings. The van der Waals surface area contributed by atoms with Crippen LogP contribution in [0.2, 0.25) is 0 Å². The average molecular weight is 467 g/mol. The van der Waals surface area contributed by atoms with Crippen LogP contribution in [0.1, 0.15) is 11.1 Å². The first-order chi connectivity index (χ1) is 15.6. The van der Waals surface area contributed by atoms with Crippen LogP contribution in [0.4, 0.5) is 23.2 Å². The predicted molar refractivity (Wildman–Crippen MR) is 116 cm³/mol. The summed E-state index contributed by atoms with van der Waals surface area (Å²) in [6, 6.07) is 11.6. The topological polar surface area (TPSA) is 84.5 Å². The lowest BCUT2D eigenvalue weighted by Crippen LogP contribution is -2.44. The Labute approximate surface area is 188 Å². The van der Waals surface area contributed by atoms with Gasteiger partial charge in [0, 0.05) is 50.3 Å². The Bertz CT molecular complexity index is 1080. The number of H-pyrrole nitrogens is 1. The Kier molecular flexibility index (Phi) is 7.88. The van der Waals surface area contributed by atoms with E-state index in [0.717, 1.165) is 54.9 Å². The summed E-state index contributed by atoms with van der Waals surface area (Å²) in [5.74, 6) is -2.93. The molecule has 1 aliphatic heterocycles. The van der Waals surface area contributed by atoms with Gasteiger partial charge >= 0.3 is 12.1 Å². The minimum atomic E-state index is -5.08. The van der Waals surface area contributed by atoms with E-state index in [4.69, 9.17) is 9.90 Å². The number of hydrogen-bond donors (Lipinski definition) is 3. The molecule has 0 atom stereocenters. The van der Waals surface area contributed by atoms with Gasteiger partial charge in [0.05, 0.1) is 11.7 Å². The lowest BCUT2D eigenvalue weighted by atomic mass is 10.1. The van der Waals surface area contributed by atoms with E-state index in [1.165, 1.54) is 5.56 Å². The monoisotopic (exact) mass is 467 g/mol. The highest BCUT2D eigenvalue weighted by molar-refractivity contribution is 5.78. The summed E-state index contributed by atoms with van der Waals surface area (Å²) in [6.45, 7) is 5.29. The quantitative estimate of drug-likeness (QED) is 0.499. The zero-order valence-electron chi connectivity index (χ0n) is 18.0. The molecule has 0 unspecified atom stereocenters. The van der Waals surface area contributed by atoms with Crippen LogP contribution in [-0.2, 0) is 17.9 Å². The highest BCUT2D eigenvalue weighted by Gasteiger charge is 2.38. The molecule has 0 radical (unpaired) electrons. The minimum absolute atomic E-state index is 0.168. The molecule has 0 saturated carbocycles. The standard InChI is InChI=1S/C20H24FN5.C2HF3O2/c1-25-4-6-26(7-5-25)19-10-16(9-18(21)11-19)13-22-12-15-2-3-20-17(8-15)14-23-24-20;3-2(4,5)1(6)7/h2-3,8-11,14,22H,4-7,12-13H2,1H3,(H,23,24);(H,6,7). The van der Waals surface area contributed by atoms with Crippen molar-refractivity contribution in [3.05, 3.63) is 59.5 Å². The first kappa shape index (κ1) is 24.5. The average Bonchev–Trinajstić information content (AvgIpc) is 3.21. The second-order valence-electron chi connectivity index (χ2n) is 7.81. The van der Waals surface area contributed by atoms with Gasteiger partial charge in [-0.2, -0.15) is 18.3 Å². The minimum Gasteiger partial charge on any atom is -0.475 e. The van der Waals surface area contributed by atoms with Gasteiger partial charge in [-0.1, -0.05) is 6.07 Å². The number of aliphatic carboxylic acids is 1. The molecule has 3 N–H and O–H groups in total. The Hall–Kier alpha value is -3.18. The number of carbonyl (C=O) groups is 1. The van der Waals surface area contributed by atoms with Gasteiger partial charge in [0.25, 0.3) is 0 Å². The normalized spacial score (nSPS) is 14.8. The van der Waals surface area contributed by atoms with Gasteiger partial charge in [-0.15, -0.1) is 0 Å². The molecule has 1 saturated heterocycles. The Balaban J connectivity index is 0.000000383. The van der Waals surface area contributed by atoms with E-state index in [2.05, 4.69) is 50.6 Å². The van der Waals surface area contributed by atoms with Gasteiger partial charge in [-0.25, -0.2) is 9.18 Å². The van der Waals surface area contributed by atoms with Gasteiger partial charge in [0.2, 0.25) is 0 Å². The number of piperazine rings is 1. The number of hydrogen-bond acceptors (Lipinski definition) is 5. The molecule has 1 aromatic heterocycles. The molecule has 178 valence electrons. The van der Waals surface area contributed by atoms with Gasteiger partial charge in [-0.05, 0) is 48.5 Å². The van der Waals surface area contributed by atoms with Crippen LogP contribution in [-0.4, -0.2) is 65.6 Å². The third-order valence-electron chi connectivity index (χ3n) is 5.22. The summed E-state index contributed by atoms with van der Waals surface area (Å²) in [6.07, 6.45) is -3.26. The second-order valence-corrected chi connectivity index (χ2v) is 7.81. The number of alkyl halides is 3. The molecular formula is C22H25F4N5O2. The largest absolute Gasteiger partial charge is 0.490 e. The lowest BCUT2D eigenvalue weighted by molar-refractivity contribution is -0.192. The summed E-state index contributed by atoms with van der Waals surface area (Å²) >= 11 is 0. The van der Waals surface area contributed by atoms with Crippen molar-refractivity contribution in [3.8, 4) is 0 Å². The second kappa shape index (κ2) is 10.6. The van der Waals surface area contributed by atoms with Crippen LogP contribution in [0.5, 0.6) is 0 Å². The summed E-state index contributed by atoms with van der Waals surface area (Å²) < 4.78 is 45.8. The lowest BCUT2D eigenvalue weighted by Gasteiger charge is -2.34. The van der Waals surface area contributed by atoms with Crippen molar-refractivity contribution in [2.75, 3.05) is 38.1 Å². The number of likely N-dealkylation sites (N-methyl/N-ethyl adjacent to an activating group) is 1. The fourth-order valence-corrected chi connectivity index (χ4v) is 3.44. The summed E-state index contributed by atoms with van der Waals surface area (Å²) in [5, 5.41) is 18.6. The number of nitrogens with zero attached hydrogens (tertiary/aromatic N) is 3. The van der Waals surface area contributed by atoms with Crippen molar-refractivity contribution in [1.29, 1.82) is 0 Å². The number of rotatable bonds is 5. The molecule has 4 rings (SSSR count). The molecule has 0 bridgehead atoms. The number of aromatic nitrogens is 2. The number of fused-ring (bicyclic) bond motifs is 1. The Morgan fingerprint density at radius 3 is 2.42 bits per heavy atom. The molecule has 11 heteroatoms. The Morgan fingerprint density at radius 2 is 1.76 bits per heavy atom. The van der Waals surface area contributed by atoms with Crippen molar-refractivity contribution >= 4 is 22.6 Å². The van der Waals surface area contributed by atoms with Crippen LogP contribution < -0.4 is 10.2 Å². The Morgan fingerprint density at radius 1 is 1.09 bits per heavy atom. The first-order valence-electron chi connectivity index (χ1n) is 10.3. The molecule has 0 spiro atoms. The summed E-state index contributed by atoms with van der Waals surface area (Å²) in [4.78, 5) is 13.5. The molecule has 2 aromatic carbocycles. The number of halogens is 4. The molecule has 0 aliphatic carbocycles. The molecule has 7 nitrogen and oxygen atoms in total. The maximum absolute atomic E-state index is 14.1. The van der Waals surface area contributed by atoms with Crippen molar-refractivity contribution in [2.24, 2.45) is 0 Å². The highest BCUT2D eigenvalue weighted by Crippen LogP contribution is 2.20. The van der Waals surface area contributed by atoms with Crippen LogP contribution in [0, 0.1) is 5.82 Å². The van der Waals surface area contributed by atoms with Gasteiger partial charge in [-0.3, -0.25) is 5.10 Å². The van der Waals surface area contributed by atoms with Crippen LogP contribution in [0.25, 0.3) is 10.9 Å². The van der Waals surface area contributed by atoms with E-state index in [9.17, 15) is 17.6 Å². The van der Waals surface area contributed by atoms with Crippen LogP contribution >= 0.6 is 0 Å². The van der Waals surface area contributed by atoms with Gasteiger partial charge in [0.15, 0.2) is 0 Å². The molecule has 1 aliphatic rings. The van der Waals surface area contributed by atoms with Gasteiger partial charge in [0.1, 0.15) is 5.82 Å². The van der Waals surface area contributed by atoms with E-state index >= 15 is 0 Å². The highest BCUT2D eigenvalue weighted by atomic mass is 19.4. The van der Waals surface area contributed by atoms with Crippen LogP contribution in [0.3, 0.4) is 0 Å². The maximum atomic E-state index is 14.1.